The molecule has 150 valence electrons. The summed E-state index contributed by atoms with van der Waals surface area (Å²) in [4.78, 5) is 6.03. The average Bonchev–Trinajstić information content (AvgIpc) is 3.28. The third-order valence-electron chi connectivity index (χ3n) is 4.15. The molecule has 0 amide bonds. The summed E-state index contributed by atoms with van der Waals surface area (Å²) < 4.78 is 1.97. The van der Waals surface area contributed by atoms with E-state index in [1.807, 2.05) is 42.8 Å². The lowest BCUT2D eigenvalue weighted by atomic mass is 10.2. The molecule has 0 saturated heterocycles. The van der Waals surface area contributed by atoms with Gasteiger partial charge in [-0.05, 0) is 42.5 Å². The van der Waals surface area contributed by atoms with Crippen molar-refractivity contribution >= 4 is 52.9 Å². The van der Waals surface area contributed by atoms with Crippen molar-refractivity contribution in [1.29, 1.82) is 0 Å². The van der Waals surface area contributed by atoms with E-state index in [1.165, 1.54) is 4.88 Å². The molecule has 0 fully saturated rings. The number of aliphatic imine (C=N–C) groups is 1. The Morgan fingerprint density at radius 3 is 2.75 bits per heavy atom. The zero-order valence-corrected chi connectivity index (χ0v) is 19.8. The fraction of sp³-hybridized carbons (Fsp3) is 0.316. The summed E-state index contributed by atoms with van der Waals surface area (Å²) in [6, 6.07) is 12.0. The van der Waals surface area contributed by atoms with Crippen LogP contribution in [0.25, 0.3) is 0 Å². The number of benzene rings is 1. The van der Waals surface area contributed by atoms with Crippen LogP contribution in [0.5, 0.6) is 0 Å². The van der Waals surface area contributed by atoms with Crippen molar-refractivity contribution in [2.75, 3.05) is 6.54 Å². The smallest absolute Gasteiger partial charge is 0.191 e. The van der Waals surface area contributed by atoms with Gasteiger partial charge in [0.25, 0.3) is 0 Å². The molecule has 28 heavy (non-hydrogen) atoms. The maximum atomic E-state index is 6.07. The van der Waals surface area contributed by atoms with Crippen LogP contribution in [0.2, 0.25) is 5.02 Å². The molecule has 9 heteroatoms. The first kappa shape index (κ1) is 22.6. The zero-order chi connectivity index (χ0) is 19.1. The molecular weight excluding hydrogens is 507 g/mol. The molecule has 2 N–H and O–H groups in total. The topological polar surface area (TPSA) is 67.1 Å². The highest BCUT2D eigenvalue weighted by molar-refractivity contribution is 14.0. The minimum Gasteiger partial charge on any atom is -0.356 e. The normalized spacial score (nSPS) is 11.2. The number of rotatable bonds is 7. The van der Waals surface area contributed by atoms with Crippen LogP contribution in [0.15, 0.2) is 46.8 Å². The zero-order valence-electron chi connectivity index (χ0n) is 15.9. The molecule has 2 aromatic heterocycles. The first-order valence-electron chi connectivity index (χ1n) is 8.75. The van der Waals surface area contributed by atoms with Gasteiger partial charge in [0.15, 0.2) is 11.8 Å². The van der Waals surface area contributed by atoms with Crippen molar-refractivity contribution in [2.24, 2.45) is 12.0 Å². The Morgan fingerprint density at radius 2 is 2.07 bits per heavy atom. The number of hydrogen-bond acceptors (Lipinski definition) is 4. The summed E-state index contributed by atoms with van der Waals surface area (Å²) in [5, 5.41) is 17.8. The molecule has 0 radical (unpaired) electrons. The van der Waals surface area contributed by atoms with E-state index < -0.39 is 0 Å². The minimum absolute atomic E-state index is 0. The summed E-state index contributed by atoms with van der Waals surface area (Å²) in [6.45, 7) is 3.84. The van der Waals surface area contributed by atoms with E-state index in [0.717, 1.165) is 41.2 Å². The van der Waals surface area contributed by atoms with E-state index in [4.69, 9.17) is 11.6 Å². The molecule has 0 spiro atoms. The minimum atomic E-state index is 0. The Hall–Kier alpha value is -1.65. The summed E-state index contributed by atoms with van der Waals surface area (Å²) in [5.41, 5.74) is 1.07. The largest absolute Gasteiger partial charge is 0.356 e. The van der Waals surface area contributed by atoms with Crippen molar-refractivity contribution < 1.29 is 0 Å². The molecule has 6 nitrogen and oxygen atoms in total. The number of hydrogen-bond donors (Lipinski definition) is 2. The van der Waals surface area contributed by atoms with Gasteiger partial charge in [0.1, 0.15) is 5.82 Å². The molecule has 0 atom stereocenters. The lowest BCUT2D eigenvalue weighted by Crippen LogP contribution is -2.38. The Kier molecular flexibility index (Phi) is 9.20. The van der Waals surface area contributed by atoms with Gasteiger partial charge in [-0.3, -0.25) is 0 Å². The van der Waals surface area contributed by atoms with Gasteiger partial charge in [-0.1, -0.05) is 29.8 Å². The first-order valence-corrected chi connectivity index (χ1v) is 10.0. The van der Waals surface area contributed by atoms with Crippen LogP contribution in [0.1, 0.15) is 22.1 Å². The SMILES string of the molecule is Cc1nnc(CNC(=NCc2cccc(Cl)c2)NCCc2cccs2)n1C.I. The Morgan fingerprint density at radius 1 is 1.21 bits per heavy atom. The quantitative estimate of drug-likeness (QED) is 0.276. The highest BCUT2D eigenvalue weighted by atomic mass is 127. The van der Waals surface area contributed by atoms with E-state index in [1.54, 1.807) is 11.3 Å². The van der Waals surface area contributed by atoms with E-state index in [9.17, 15) is 0 Å². The molecular formula is C19H24ClIN6S. The van der Waals surface area contributed by atoms with Crippen LogP contribution in [0.3, 0.4) is 0 Å². The van der Waals surface area contributed by atoms with Gasteiger partial charge in [0.05, 0.1) is 13.1 Å². The van der Waals surface area contributed by atoms with Crippen molar-refractivity contribution in [1.82, 2.24) is 25.4 Å². The van der Waals surface area contributed by atoms with Gasteiger partial charge < -0.3 is 15.2 Å². The van der Waals surface area contributed by atoms with Crippen LogP contribution in [-0.2, 0) is 26.6 Å². The Labute approximate surface area is 191 Å². The van der Waals surface area contributed by atoms with Gasteiger partial charge in [-0.25, -0.2) is 4.99 Å². The molecule has 0 saturated carbocycles. The predicted octanol–water partition coefficient (Wildman–Crippen LogP) is 3.93. The molecule has 0 aliphatic carbocycles. The van der Waals surface area contributed by atoms with Gasteiger partial charge in [0.2, 0.25) is 0 Å². The molecule has 0 bridgehead atoms. The highest BCUT2D eigenvalue weighted by Crippen LogP contribution is 2.11. The Balaban J connectivity index is 0.00000280. The molecule has 3 rings (SSSR count). The predicted molar refractivity (Wildman–Crippen MR) is 127 cm³/mol. The fourth-order valence-corrected chi connectivity index (χ4v) is 3.43. The summed E-state index contributed by atoms with van der Waals surface area (Å²) in [6.07, 6.45) is 0.957. The molecule has 1 aromatic carbocycles. The average molecular weight is 531 g/mol. The number of nitrogens with zero attached hydrogens (tertiary/aromatic N) is 4. The Bertz CT molecular complexity index is 894. The number of nitrogens with one attached hydrogen (secondary N) is 2. The monoisotopic (exact) mass is 530 g/mol. The number of thiophene rings is 1. The maximum Gasteiger partial charge on any atom is 0.191 e. The van der Waals surface area contributed by atoms with Crippen LogP contribution < -0.4 is 10.6 Å². The molecule has 3 aromatic rings. The van der Waals surface area contributed by atoms with E-state index in [2.05, 4.69) is 43.3 Å². The standard InChI is InChI=1S/C19H23ClN6S.HI/c1-14-24-25-18(26(14)2)13-23-19(21-9-8-17-7-4-10-27-17)22-12-15-5-3-6-16(20)11-15;/h3-7,10-11H,8-9,12-13H2,1-2H3,(H2,21,22,23);1H. The molecule has 0 aliphatic rings. The lowest BCUT2D eigenvalue weighted by Gasteiger charge is -2.12. The maximum absolute atomic E-state index is 6.07. The van der Waals surface area contributed by atoms with Crippen LogP contribution in [0, 0.1) is 6.92 Å². The third-order valence-corrected chi connectivity index (χ3v) is 5.32. The van der Waals surface area contributed by atoms with Gasteiger partial charge in [-0.2, -0.15) is 0 Å². The van der Waals surface area contributed by atoms with E-state index in [-0.39, 0.29) is 24.0 Å². The van der Waals surface area contributed by atoms with E-state index >= 15 is 0 Å². The summed E-state index contributed by atoms with van der Waals surface area (Å²) in [7, 11) is 1.96. The van der Waals surface area contributed by atoms with Crippen molar-refractivity contribution in [3.8, 4) is 0 Å². The first-order chi connectivity index (χ1) is 13.1. The van der Waals surface area contributed by atoms with Crippen LogP contribution in [0.4, 0.5) is 0 Å². The highest BCUT2D eigenvalue weighted by Gasteiger charge is 2.06. The molecule has 2 heterocycles. The van der Waals surface area contributed by atoms with Gasteiger partial charge in [-0.15, -0.1) is 45.5 Å². The second kappa shape index (κ2) is 11.4. The van der Waals surface area contributed by atoms with E-state index in [0.29, 0.717) is 13.1 Å². The lowest BCUT2D eigenvalue weighted by molar-refractivity contribution is 0.713. The second-order valence-corrected chi connectivity index (χ2v) is 7.60. The summed E-state index contributed by atoms with van der Waals surface area (Å²) in [5.74, 6) is 2.49. The van der Waals surface area contributed by atoms with Crippen LogP contribution in [-0.4, -0.2) is 27.3 Å². The van der Waals surface area contributed by atoms with Crippen molar-refractivity contribution in [2.45, 2.75) is 26.4 Å². The molecule has 0 aliphatic heterocycles. The van der Waals surface area contributed by atoms with Crippen LogP contribution >= 0.6 is 46.9 Å². The second-order valence-electron chi connectivity index (χ2n) is 6.13. The van der Waals surface area contributed by atoms with Gasteiger partial charge in [0, 0.05) is 23.5 Å². The van der Waals surface area contributed by atoms with Gasteiger partial charge >= 0.3 is 0 Å². The molecule has 0 unspecified atom stereocenters. The summed E-state index contributed by atoms with van der Waals surface area (Å²) >= 11 is 7.83. The number of aryl methyl sites for hydroxylation is 1. The number of halogens is 2. The number of aromatic nitrogens is 3. The fourth-order valence-electron chi connectivity index (χ4n) is 2.51. The number of guanidine groups is 1. The third kappa shape index (κ3) is 6.75. The van der Waals surface area contributed by atoms with Crippen molar-refractivity contribution in [3.63, 3.8) is 0 Å². The van der Waals surface area contributed by atoms with Crippen molar-refractivity contribution in [3.05, 3.63) is 68.9 Å².